The summed E-state index contributed by atoms with van der Waals surface area (Å²) in [5.41, 5.74) is -0.457. The van der Waals surface area contributed by atoms with Gasteiger partial charge in [0.05, 0.1) is 25.0 Å². The maximum atomic E-state index is 11.8. The second kappa shape index (κ2) is 6.80. The van der Waals surface area contributed by atoms with Gasteiger partial charge in [0.2, 0.25) is 0 Å². The van der Waals surface area contributed by atoms with Crippen LogP contribution in [0.15, 0.2) is 28.2 Å². The third kappa shape index (κ3) is 4.22. The molecule has 120 valence electrons. The average molecular weight is 324 g/mol. The van der Waals surface area contributed by atoms with Crippen LogP contribution in [0, 0.1) is 0 Å². The van der Waals surface area contributed by atoms with Crippen molar-refractivity contribution in [2.24, 2.45) is 0 Å². The van der Waals surface area contributed by atoms with Gasteiger partial charge in [0.1, 0.15) is 11.4 Å². The van der Waals surface area contributed by atoms with Crippen LogP contribution in [0.3, 0.4) is 0 Å². The summed E-state index contributed by atoms with van der Waals surface area (Å²) in [6, 6.07) is 2.98. The first-order valence-electron chi connectivity index (χ1n) is 6.78. The van der Waals surface area contributed by atoms with Gasteiger partial charge < -0.3 is 25.1 Å². The smallest absolute Gasteiger partial charge is 0.315 e. The number of urea groups is 1. The van der Waals surface area contributed by atoms with Gasteiger partial charge in [-0.15, -0.1) is 11.3 Å². The van der Waals surface area contributed by atoms with E-state index in [1.165, 1.54) is 17.6 Å². The number of aliphatic hydroxyl groups is 1. The quantitative estimate of drug-likeness (QED) is 0.749. The molecular formula is C14H20N4O3S. The topological polar surface area (TPSA) is 90.6 Å². The van der Waals surface area contributed by atoms with Gasteiger partial charge in [-0.2, -0.15) is 0 Å². The number of furan rings is 1. The fraction of sp³-hybridized carbons (Fsp3) is 0.429. The van der Waals surface area contributed by atoms with Crippen molar-refractivity contribution < 1.29 is 14.3 Å². The molecule has 1 atom stereocenters. The van der Waals surface area contributed by atoms with E-state index in [2.05, 4.69) is 15.6 Å². The summed E-state index contributed by atoms with van der Waals surface area (Å²) in [7, 11) is 3.83. The van der Waals surface area contributed by atoms with E-state index in [1.807, 2.05) is 24.4 Å². The largest absolute Gasteiger partial charge is 0.466 e. The number of amides is 2. The zero-order valence-corrected chi connectivity index (χ0v) is 13.6. The molecule has 2 heterocycles. The number of aromatic nitrogens is 1. The van der Waals surface area contributed by atoms with Crippen molar-refractivity contribution in [2.75, 3.05) is 25.5 Å². The SMILES string of the molecule is CN(C)c1nc(CNC(=O)NCC(C)(O)c2ccco2)cs1. The number of carbonyl (C=O) groups excluding carboxylic acids is 1. The molecule has 8 heteroatoms. The highest BCUT2D eigenvalue weighted by Gasteiger charge is 2.26. The highest BCUT2D eigenvalue weighted by Crippen LogP contribution is 2.20. The Kier molecular flexibility index (Phi) is 5.04. The number of hydrogen-bond acceptors (Lipinski definition) is 6. The monoisotopic (exact) mass is 324 g/mol. The third-order valence-electron chi connectivity index (χ3n) is 3.00. The summed E-state index contributed by atoms with van der Waals surface area (Å²) in [4.78, 5) is 18.1. The van der Waals surface area contributed by atoms with E-state index in [0.717, 1.165) is 10.8 Å². The van der Waals surface area contributed by atoms with Crippen LogP contribution < -0.4 is 15.5 Å². The lowest BCUT2D eigenvalue weighted by atomic mass is 10.0. The normalized spacial score (nSPS) is 13.5. The molecular weight excluding hydrogens is 304 g/mol. The average Bonchev–Trinajstić information content (AvgIpc) is 3.13. The van der Waals surface area contributed by atoms with E-state index in [9.17, 15) is 9.90 Å². The van der Waals surface area contributed by atoms with Crippen molar-refractivity contribution in [3.05, 3.63) is 35.2 Å². The predicted octanol–water partition coefficient (Wildman–Crippen LogP) is 1.51. The molecule has 1 unspecified atom stereocenters. The third-order valence-corrected chi connectivity index (χ3v) is 4.05. The summed E-state index contributed by atoms with van der Waals surface area (Å²) in [6.07, 6.45) is 1.48. The maximum absolute atomic E-state index is 11.8. The van der Waals surface area contributed by atoms with E-state index in [1.54, 1.807) is 19.1 Å². The summed E-state index contributed by atoms with van der Waals surface area (Å²) in [6.45, 7) is 1.96. The molecule has 2 aromatic rings. The molecule has 0 aliphatic rings. The Bertz CT molecular complexity index is 607. The molecule has 0 radical (unpaired) electrons. The van der Waals surface area contributed by atoms with Crippen molar-refractivity contribution in [1.29, 1.82) is 0 Å². The van der Waals surface area contributed by atoms with E-state index >= 15 is 0 Å². The van der Waals surface area contributed by atoms with Gasteiger partial charge in [-0.3, -0.25) is 0 Å². The molecule has 3 N–H and O–H groups in total. The first-order chi connectivity index (χ1) is 10.4. The lowest BCUT2D eigenvalue weighted by molar-refractivity contribution is 0.0367. The molecule has 0 aliphatic carbocycles. The number of nitrogens with zero attached hydrogens (tertiary/aromatic N) is 2. The van der Waals surface area contributed by atoms with Crippen LogP contribution in [-0.2, 0) is 12.1 Å². The van der Waals surface area contributed by atoms with Crippen LogP contribution in [0.1, 0.15) is 18.4 Å². The summed E-state index contributed by atoms with van der Waals surface area (Å²) in [5, 5.41) is 18.3. The van der Waals surface area contributed by atoms with E-state index in [-0.39, 0.29) is 12.6 Å². The number of rotatable bonds is 6. The highest BCUT2D eigenvalue weighted by atomic mass is 32.1. The van der Waals surface area contributed by atoms with Gasteiger partial charge in [-0.25, -0.2) is 9.78 Å². The van der Waals surface area contributed by atoms with Crippen LogP contribution in [0.5, 0.6) is 0 Å². The zero-order valence-electron chi connectivity index (χ0n) is 12.8. The fourth-order valence-electron chi connectivity index (χ4n) is 1.74. The molecule has 22 heavy (non-hydrogen) atoms. The molecule has 2 rings (SSSR count). The Morgan fingerprint density at radius 2 is 2.27 bits per heavy atom. The zero-order chi connectivity index (χ0) is 16.2. The Balaban J connectivity index is 1.78. The molecule has 0 spiro atoms. The van der Waals surface area contributed by atoms with E-state index < -0.39 is 5.60 Å². The molecule has 0 aliphatic heterocycles. The van der Waals surface area contributed by atoms with E-state index in [0.29, 0.717) is 12.3 Å². The molecule has 0 saturated heterocycles. The molecule has 2 amide bonds. The fourth-order valence-corrected chi connectivity index (χ4v) is 2.50. The van der Waals surface area contributed by atoms with Gasteiger partial charge >= 0.3 is 6.03 Å². The van der Waals surface area contributed by atoms with Crippen molar-refractivity contribution in [3.8, 4) is 0 Å². The van der Waals surface area contributed by atoms with Crippen molar-refractivity contribution in [1.82, 2.24) is 15.6 Å². The number of nitrogens with one attached hydrogen (secondary N) is 2. The second-order valence-corrected chi connectivity index (χ2v) is 6.14. The van der Waals surface area contributed by atoms with Crippen LogP contribution in [0.4, 0.5) is 9.93 Å². The van der Waals surface area contributed by atoms with Crippen LogP contribution in [-0.4, -0.2) is 36.8 Å². The molecule has 0 saturated carbocycles. The van der Waals surface area contributed by atoms with Crippen LogP contribution in [0.25, 0.3) is 0 Å². The predicted molar refractivity (Wildman–Crippen MR) is 85.0 cm³/mol. The molecule has 0 bridgehead atoms. The Hall–Kier alpha value is -2.06. The number of thiazole rings is 1. The van der Waals surface area contributed by atoms with Gasteiger partial charge in [-0.05, 0) is 19.1 Å². The maximum Gasteiger partial charge on any atom is 0.315 e. The number of anilines is 1. The van der Waals surface area contributed by atoms with Crippen LogP contribution in [0.2, 0.25) is 0 Å². The van der Waals surface area contributed by atoms with Crippen molar-refractivity contribution >= 4 is 22.5 Å². The minimum absolute atomic E-state index is 0.0480. The Morgan fingerprint density at radius 1 is 1.50 bits per heavy atom. The van der Waals surface area contributed by atoms with Gasteiger partial charge in [0, 0.05) is 19.5 Å². The van der Waals surface area contributed by atoms with Crippen molar-refractivity contribution in [2.45, 2.75) is 19.1 Å². The van der Waals surface area contributed by atoms with E-state index in [4.69, 9.17) is 4.42 Å². The highest BCUT2D eigenvalue weighted by molar-refractivity contribution is 7.13. The second-order valence-electron chi connectivity index (χ2n) is 5.30. The van der Waals surface area contributed by atoms with Crippen molar-refractivity contribution in [3.63, 3.8) is 0 Å². The first-order valence-corrected chi connectivity index (χ1v) is 7.66. The Labute approximate surface area is 133 Å². The lowest BCUT2D eigenvalue weighted by Gasteiger charge is -2.21. The summed E-state index contributed by atoms with van der Waals surface area (Å²) in [5.74, 6) is 0.405. The first kappa shape index (κ1) is 16.3. The number of hydrogen-bond donors (Lipinski definition) is 3. The molecule has 7 nitrogen and oxygen atoms in total. The minimum Gasteiger partial charge on any atom is -0.466 e. The van der Waals surface area contributed by atoms with Gasteiger partial charge in [0.15, 0.2) is 5.13 Å². The van der Waals surface area contributed by atoms with Gasteiger partial charge in [0.25, 0.3) is 0 Å². The minimum atomic E-state index is -1.25. The number of carbonyl (C=O) groups is 1. The molecule has 0 fully saturated rings. The Morgan fingerprint density at radius 3 is 2.86 bits per heavy atom. The molecule has 2 aromatic heterocycles. The van der Waals surface area contributed by atoms with Gasteiger partial charge in [-0.1, -0.05) is 0 Å². The molecule has 0 aromatic carbocycles. The standard InChI is InChI=1S/C14H20N4O3S/c1-14(20,11-5-4-6-21-11)9-16-12(19)15-7-10-8-22-13(17-10)18(2)3/h4-6,8,20H,7,9H2,1-3H3,(H2,15,16,19). The van der Waals surface area contributed by atoms with Crippen LogP contribution >= 0.6 is 11.3 Å². The lowest BCUT2D eigenvalue weighted by Crippen LogP contribution is -2.43. The summed E-state index contributed by atoms with van der Waals surface area (Å²) >= 11 is 1.52. The summed E-state index contributed by atoms with van der Waals surface area (Å²) < 4.78 is 5.15.